The van der Waals surface area contributed by atoms with Gasteiger partial charge in [-0.05, 0) is 56.9 Å². The Kier molecular flexibility index (Phi) is 3.48. The van der Waals surface area contributed by atoms with E-state index in [1.165, 1.54) is 6.07 Å². The van der Waals surface area contributed by atoms with Crippen molar-refractivity contribution in [2.24, 2.45) is 5.92 Å². The lowest BCUT2D eigenvalue weighted by Crippen LogP contribution is -2.37. The molecule has 19 heavy (non-hydrogen) atoms. The molecule has 0 aliphatic heterocycles. The Hall–Kier alpha value is -1.64. The van der Waals surface area contributed by atoms with Crippen LogP contribution in [-0.4, -0.2) is 11.6 Å². The molecule has 0 radical (unpaired) electrons. The number of hydrogen-bond acceptors (Lipinski definition) is 2. The molecule has 1 aromatic rings. The highest BCUT2D eigenvalue weighted by Gasteiger charge is 2.37. The van der Waals surface area contributed by atoms with E-state index in [-0.39, 0.29) is 17.7 Å². The molecule has 0 aromatic heterocycles. The summed E-state index contributed by atoms with van der Waals surface area (Å²) in [5.74, 6) is -0.407. The van der Waals surface area contributed by atoms with Crippen molar-refractivity contribution in [2.45, 2.75) is 39.2 Å². The Bertz CT molecular complexity index is 532. The van der Waals surface area contributed by atoms with Gasteiger partial charge >= 0.3 is 5.97 Å². The zero-order valence-corrected chi connectivity index (χ0v) is 11.6. The smallest absolute Gasteiger partial charge is 0.333 e. The van der Waals surface area contributed by atoms with Crippen molar-refractivity contribution in [3.05, 3.63) is 47.3 Å². The maximum atomic E-state index is 13.2. The van der Waals surface area contributed by atoms with E-state index in [4.69, 9.17) is 4.74 Å². The maximum absolute atomic E-state index is 13.2. The predicted octanol–water partition coefficient (Wildman–Crippen LogP) is 3.44. The van der Waals surface area contributed by atoms with Crippen molar-refractivity contribution >= 4 is 5.97 Å². The van der Waals surface area contributed by atoms with Crippen molar-refractivity contribution in [3.63, 3.8) is 0 Å². The van der Waals surface area contributed by atoms with Gasteiger partial charge in [0.25, 0.3) is 0 Å². The molecule has 1 aliphatic carbocycles. The number of carbonyl (C=O) groups excluding carboxylic acids is 1. The SMILES string of the molecule is C=C(C)C(=O)OC(C)(C)C1Cc2ccc(F)cc2C1. The minimum atomic E-state index is -0.578. The number of carbonyl (C=O) groups is 1. The fraction of sp³-hybridized carbons (Fsp3) is 0.438. The Morgan fingerprint density at radius 1 is 1.37 bits per heavy atom. The van der Waals surface area contributed by atoms with Crippen LogP contribution in [0.25, 0.3) is 0 Å². The number of ether oxygens (including phenoxy) is 1. The van der Waals surface area contributed by atoms with Gasteiger partial charge in [0.05, 0.1) is 0 Å². The number of hydrogen-bond donors (Lipinski definition) is 0. The third kappa shape index (κ3) is 2.86. The number of fused-ring (bicyclic) bond motifs is 1. The molecule has 1 aromatic carbocycles. The van der Waals surface area contributed by atoms with Gasteiger partial charge in [0, 0.05) is 11.5 Å². The molecule has 0 amide bonds. The summed E-state index contributed by atoms with van der Waals surface area (Å²) in [7, 11) is 0. The highest BCUT2D eigenvalue weighted by Crippen LogP contribution is 2.36. The van der Waals surface area contributed by atoms with Crippen LogP contribution >= 0.6 is 0 Å². The predicted molar refractivity (Wildman–Crippen MR) is 72.3 cm³/mol. The molecular formula is C16H19FO2. The number of esters is 1. The van der Waals surface area contributed by atoms with E-state index in [9.17, 15) is 9.18 Å². The fourth-order valence-corrected chi connectivity index (χ4v) is 2.49. The fourth-order valence-electron chi connectivity index (χ4n) is 2.49. The largest absolute Gasteiger partial charge is 0.456 e. The highest BCUT2D eigenvalue weighted by molar-refractivity contribution is 5.87. The van der Waals surface area contributed by atoms with Crippen LogP contribution in [0.4, 0.5) is 4.39 Å². The molecule has 3 heteroatoms. The lowest BCUT2D eigenvalue weighted by molar-refractivity contribution is -0.156. The summed E-state index contributed by atoms with van der Waals surface area (Å²) in [6.45, 7) is 9.04. The molecule has 0 spiro atoms. The molecule has 1 unspecified atom stereocenters. The quantitative estimate of drug-likeness (QED) is 0.616. The van der Waals surface area contributed by atoms with Gasteiger partial charge in [-0.3, -0.25) is 0 Å². The molecule has 2 rings (SSSR count). The van der Waals surface area contributed by atoms with Gasteiger partial charge in [0.15, 0.2) is 0 Å². The summed E-state index contributed by atoms with van der Waals surface area (Å²) in [6.07, 6.45) is 1.55. The Labute approximate surface area is 113 Å². The molecular weight excluding hydrogens is 243 g/mol. The molecule has 0 fully saturated rings. The normalized spacial score (nSPS) is 18.0. The summed E-state index contributed by atoms with van der Waals surface area (Å²) in [5.41, 5.74) is 1.98. The first kappa shape index (κ1) is 13.8. The molecule has 0 saturated carbocycles. The van der Waals surface area contributed by atoms with Crippen molar-refractivity contribution in [3.8, 4) is 0 Å². The van der Waals surface area contributed by atoms with Crippen LogP contribution in [0.2, 0.25) is 0 Å². The zero-order valence-electron chi connectivity index (χ0n) is 11.6. The molecule has 0 heterocycles. The summed E-state index contributed by atoms with van der Waals surface area (Å²) >= 11 is 0. The van der Waals surface area contributed by atoms with Crippen LogP contribution in [0.5, 0.6) is 0 Å². The Balaban J connectivity index is 2.13. The molecule has 2 nitrogen and oxygen atoms in total. The van der Waals surface area contributed by atoms with Crippen LogP contribution in [0.15, 0.2) is 30.4 Å². The van der Waals surface area contributed by atoms with Crippen molar-refractivity contribution in [2.75, 3.05) is 0 Å². The highest BCUT2D eigenvalue weighted by atomic mass is 19.1. The topological polar surface area (TPSA) is 26.3 Å². The molecule has 0 N–H and O–H groups in total. The third-order valence-corrected chi connectivity index (χ3v) is 3.79. The van der Waals surface area contributed by atoms with E-state index in [2.05, 4.69) is 6.58 Å². The molecule has 0 bridgehead atoms. The average molecular weight is 262 g/mol. The lowest BCUT2D eigenvalue weighted by atomic mass is 9.88. The summed E-state index contributed by atoms with van der Waals surface area (Å²) in [6, 6.07) is 4.88. The molecule has 1 aliphatic rings. The van der Waals surface area contributed by atoms with E-state index in [1.54, 1.807) is 13.0 Å². The summed E-state index contributed by atoms with van der Waals surface area (Å²) in [4.78, 5) is 11.7. The standard InChI is InChI=1S/C16H19FO2/c1-10(2)15(18)19-16(3,4)13-7-11-5-6-14(17)9-12(11)8-13/h5-6,9,13H,1,7-8H2,2-4H3. The zero-order chi connectivity index (χ0) is 14.2. The van der Waals surface area contributed by atoms with Crippen LogP contribution in [0.3, 0.4) is 0 Å². The first-order chi connectivity index (χ1) is 8.79. The van der Waals surface area contributed by atoms with Crippen molar-refractivity contribution < 1.29 is 13.9 Å². The van der Waals surface area contributed by atoms with Gasteiger partial charge in [0.2, 0.25) is 0 Å². The summed E-state index contributed by atoms with van der Waals surface area (Å²) in [5, 5.41) is 0. The van der Waals surface area contributed by atoms with Gasteiger partial charge in [-0.1, -0.05) is 12.6 Å². The van der Waals surface area contributed by atoms with Gasteiger partial charge in [-0.25, -0.2) is 9.18 Å². The van der Waals surface area contributed by atoms with E-state index in [1.807, 2.05) is 19.9 Å². The lowest BCUT2D eigenvalue weighted by Gasteiger charge is -2.31. The number of rotatable bonds is 3. The molecule has 102 valence electrons. The first-order valence-corrected chi connectivity index (χ1v) is 6.46. The van der Waals surface area contributed by atoms with Crippen LogP contribution in [0.1, 0.15) is 31.9 Å². The third-order valence-electron chi connectivity index (χ3n) is 3.79. The van der Waals surface area contributed by atoms with Gasteiger partial charge in [-0.15, -0.1) is 0 Å². The molecule has 0 saturated heterocycles. The maximum Gasteiger partial charge on any atom is 0.333 e. The van der Waals surface area contributed by atoms with Crippen molar-refractivity contribution in [1.29, 1.82) is 0 Å². The van der Waals surface area contributed by atoms with Gasteiger partial charge < -0.3 is 4.74 Å². The minimum absolute atomic E-state index is 0.174. The van der Waals surface area contributed by atoms with E-state index < -0.39 is 5.60 Å². The monoisotopic (exact) mass is 262 g/mol. The van der Waals surface area contributed by atoms with Crippen molar-refractivity contribution in [1.82, 2.24) is 0 Å². The van der Waals surface area contributed by atoms with Gasteiger partial charge in [-0.2, -0.15) is 0 Å². The van der Waals surface area contributed by atoms with Gasteiger partial charge in [0.1, 0.15) is 11.4 Å². The van der Waals surface area contributed by atoms with E-state index >= 15 is 0 Å². The Morgan fingerprint density at radius 3 is 2.63 bits per heavy atom. The second kappa shape index (κ2) is 4.80. The second-order valence-electron chi connectivity index (χ2n) is 5.79. The Morgan fingerprint density at radius 2 is 2.00 bits per heavy atom. The molecule has 1 atom stereocenters. The minimum Gasteiger partial charge on any atom is -0.456 e. The number of benzene rings is 1. The number of halogens is 1. The van der Waals surface area contributed by atoms with Crippen LogP contribution < -0.4 is 0 Å². The van der Waals surface area contributed by atoms with Crippen LogP contribution in [-0.2, 0) is 22.4 Å². The van der Waals surface area contributed by atoms with E-state index in [0.717, 1.165) is 24.0 Å². The first-order valence-electron chi connectivity index (χ1n) is 6.46. The summed E-state index contributed by atoms with van der Waals surface area (Å²) < 4.78 is 18.7. The second-order valence-corrected chi connectivity index (χ2v) is 5.79. The van der Waals surface area contributed by atoms with Crippen LogP contribution in [0, 0.1) is 11.7 Å². The van der Waals surface area contributed by atoms with E-state index in [0.29, 0.717) is 5.57 Å². The average Bonchev–Trinajstić information content (AvgIpc) is 2.71.